The van der Waals surface area contributed by atoms with Gasteiger partial charge in [-0.2, -0.15) is 0 Å². The second kappa shape index (κ2) is 5.72. The van der Waals surface area contributed by atoms with E-state index in [9.17, 15) is 4.79 Å². The van der Waals surface area contributed by atoms with Gasteiger partial charge in [0.15, 0.2) is 0 Å². The third-order valence-electron chi connectivity index (χ3n) is 6.17. The number of carbonyl (C=O) groups excluding carboxylic acids is 1. The molecule has 1 aromatic carbocycles. The third-order valence-corrected chi connectivity index (χ3v) is 7.19. The van der Waals surface area contributed by atoms with E-state index in [-0.39, 0.29) is 18.3 Å². The number of amides is 1. The smallest absolute Gasteiger partial charge is 0.251 e. The first-order chi connectivity index (χ1) is 11.2. The van der Waals surface area contributed by atoms with Crippen LogP contribution in [-0.2, 0) is 0 Å². The van der Waals surface area contributed by atoms with Crippen molar-refractivity contribution in [2.24, 2.45) is 5.92 Å². The molecule has 4 aliphatic rings. The molecule has 4 fully saturated rings. The fourth-order valence-corrected chi connectivity index (χ4v) is 5.81. The Labute approximate surface area is 152 Å². The zero-order chi connectivity index (χ0) is 15.6. The predicted octanol–water partition coefficient (Wildman–Crippen LogP) is 3.99. The van der Waals surface area contributed by atoms with Gasteiger partial charge in [0.2, 0.25) is 0 Å². The molecule has 0 radical (unpaired) electrons. The van der Waals surface area contributed by atoms with Gasteiger partial charge in [-0.3, -0.25) is 9.69 Å². The number of hydrogen-bond donors (Lipinski definition) is 1. The van der Waals surface area contributed by atoms with Gasteiger partial charge in [-0.1, -0.05) is 6.07 Å². The second-order valence-electron chi connectivity index (χ2n) is 7.49. The zero-order valence-corrected chi connectivity index (χ0v) is 15.5. The van der Waals surface area contributed by atoms with Crippen molar-refractivity contribution in [3.8, 4) is 0 Å². The maximum atomic E-state index is 12.8. The average Bonchev–Trinajstić information content (AvgIpc) is 3.24. The minimum Gasteiger partial charge on any atom is -0.347 e. The summed E-state index contributed by atoms with van der Waals surface area (Å²) in [6.07, 6.45) is 5.01. The molecule has 1 amide bonds. The summed E-state index contributed by atoms with van der Waals surface area (Å²) in [5.41, 5.74) is 1.12. The molecule has 1 aliphatic carbocycles. The third kappa shape index (κ3) is 2.39. The van der Waals surface area contributed by atoms with Crippen molar-refractivity contribution in [2.75, 3.05) is 13.1 Å². The lowest BCUT2D eigenvalue weighted by Gasteiger charge is -2.52. The summed E-state index contributed by atoms with van der Waals surface area (Å²) in [5, 5.41) is 4.66. The zero-order valence-electron chi connectivity index (χ0n) is 13.9. The van der Waals surface area contributed by atoms with Crippen molar-refractivity contribution < 1.29 is 4.79 Å². The maximum absolute atomic E-state index is 12.8. The standard InChI is InChI=1S/C19H22N2OS.ClH/c1-12-10-14-2-3-15(11-16(14)23-12)18(22)20-17-13-4-8-21(9-5-13)19(17)6-7-19;/h2-3,10-11,13,17H,4-9H2,1H3,(H,20,22);1H/t17-;/m1./s1. The van der Waals surface area contributed by atoms with Gasteiger partial charge in [-0.25, -0.2) is 0 Å². The number of thiophene rings is 1. The van der Waals surface area contributed by atoms with Gasteiger partial charge in [0.05, 0.1) is 6.04 Å². The second-order valence-corrected chi connectivity index (χ2v) is 8.78. The van der Waals surface area contributed by atoms with Crippen LogP contribution in [0.1, 0.15) is 40.9 Å². The van der Waals surface area contributed by atoms with Crippen molar-refractivity contribution in [3.63, 3.8) is 0 Å². The van der Waals surface area contributed by atoms with Crippen molar-refractivity contribution in [3.05, 3.63) is 34.7 Å². The van der Waals surface area contributed by atoms with Crippen molar-refractivity contribution >= 4 is 39.7 Å². The normalized spacial score (nSPS) is 29.5. The first-order valence-electron chi connectivity index (χ1n) is 8.72. The van der Waals surface area contributed by atoms with Gasteiger partial charge < -0.3 is 5.32 Å². The van der Waals surface area contributed by atoms with Crippen LogP contribution in [0.5, 0.6) is 0 Å². The van der Waals surface area contributed by atoms with Gasteiger partial charge in [-0.15, -0.1) is 23.7 Å². The molecule has 24 heavy (non-hydrogen) atoms. The van der Waals surface area contributed by atoms with Gasteiger partial charge >= 0.3 is 0 Å². The van der Waals surface area contributed by atoms with Crippen LogP contribution < -0.4 is 5.32 Å². The van der Waals surface area contributed by atoms with E-state index in [1.54, 1.807) is 11.3 Å². The minimum atomic E-state index is 0. The Morgan fingerprint density at radius 1 is 1.25 bits per heavy atom. The molecule has 1 saturated carbocycles. The largest absolute Gasteiger partial charge is 0.347 e. The van der Waals surface area contributed by atoms with Crippen molar-refractivity contribution in [1.29, 1.82) is 0 Å². The summed E-state index contributed by atoms with van der Waals surface area (Å²) in [6, 6.07) is 8.66. The van der Waals surface area contributed by atoms with Crippen LogP contribution in [0.25, 0.3) is 10.1 Å². The number of fused-ring (bicyclic) bond motifs is 3. The Kier molecular flexibility index (Phi) is 3.90. The lowest BCUT2D eigenvalue weighted by atomic mass is 9.77. The molecule has 3 aliphatic heterocycles. The number of hydrogen-bond acceptors (Lipinski definition) is 3. The van der Waals surface area contributed by atoms with E-state index in [1.165, 1.54) is 53.7 Å². The first kappa shape index (κ1) is 16.4. The highest BCUT2D eigenvalue weighted by Gasteiger charge is 2.60. The number of rotatable bonds is 2. The average molecular weight is 363 g/mol. The summed E-state index contributed by atoms with van der Waals surface area (Å²) in [4.78, 5) is 16.8. The summed E-state index contributed by atoms with van der Waals surface area (Å²) >= 11 is 1.77. The molecule has 6 rings (SSSR count). The highest BCUT2D eigenvalue weighted by Crippen LogP contribution is 2.53. The molecule has 1 N–H and O–H groups in total. The molecule has 5 heteroatoms. The van der Waals surface area contributed by atoms with Crippen molar-refractivity contribution in [1.82, 2.24) is 10.2 Å². The lowest BCUT2D eigenvalue weighted by molar-refractivity contribution is -0.00144. The number of piperidine rings is 3. The molecule has 128 valence electrons. The number of nitrogens with one attached hydrogen (secondary N) is 1. The summed E-state index contributed by atoms with van der Waals surface area (Å²) in [6.45, 7) is 4.59. The fraction of sp³-hybridized carbons (Fsp3) is 0.526. The SMILES string of the molecule is Cc1cc2ccc(C(=O)N[C@@H]3C4CCN(CC4)C34CC4)cc2s1.Cl. The molecule has 3 saturated heterocycles. The molecule has 0 unspecified atom stereocenters. The molecule has 3 nitrogen and oxygen atoms in total. The highest BCUT2D eigenvalue weighted by atomic mass is 35.5. The summed E-state index contributed by atoms with van der Waals surface area (Å²) < 4.78 is 1.21. The molecule has 1 aromatic heterocycles. The van der Waals surface area contributed by atoms with Gasteiger partial charge in [0.25, 0.3) is 5.91 Å². The van der Waals surface area contributed by atoms with E-state index in [1.807, 2.05) is 6.07 Å². The fourth-order valence-electron chi connectivity index (χ4n) is 4.85. The number of halogens is 1. The van der Waals surface area contributed by atoms with Crippen LogP contribution in [0.15, 0.2) is 24.3 Å². The van der Waals surface area contributed by atoms with Gasteiger partial charge in [0, 0.05) is 20.7 Å². The molecule has 1 spiro atoms. The molecule has 2 aromatic rings. The van der Waals surface area contributed by atoms with E-state index in [0.29, 0.717) is 17.5 Å². The number of aryl methyl sites for hydroxylation is 1. The van der Waals surface area contributed by atoms with Crippen LogP contribution in [-0.4, -0.2) is 35.5 Å². The van der Waals surface area contributed by atoms with Gasteiger partial charge in [-0.05, 0) is 75.2 Å². The monoisotopic (exact) mass is 362 g/mol. The van der Waals surface area contributed by atoms with E-state index in [4.69, 9.17) is 0 Å². The highest BCUT2D eigenvalue weighted by molar-refractivity contribution is 7.19. The minimum absolute atomic E-state index is 0. The Morgan fingerprint density at radius 2 is 2.00 bits per heavy atom. The maximum Gasteiger partial charge on any atom is 0.251 e. The Morgan fingerprint density at radius 3 is 2.71 bits per heavy atom. The van der Waals surface area contributed by atoms with E-state index >= 15 is 0 Å². The van der Waals surface area contributed by atoms with E-state index < -0.39 is 0 Å². The topological polar surface area (TPSA) is 32.3 Å². The quantitative estimate of drug-likeness (QED) is 0.876. The van der Waals surface area contributed by atoms with E-state index in [0.717, 1.165) is 5.56 Å². The van der Waals surface area contributed by atoms with Crippen LogP contribution in [0, 0.1) is 12.8 Å². The first-order valence-corrected chi connectivity index (χ1v) is 9.53. The van der Waals surface area contributed by atoms with Crippen LogP contribution in [0.2, 0.25) is 0 Å². The summed E-state index contributed by atoms with van der Waals surface area (Å²) in [7, 11) is 0. The summed E-state index contributed by atoms with van der Waals surface area (Å²) in [5.74, 6) is 0.794. The molecule has 2 bridgehead atoms. The Bertz CT molecular complexity index is 790. The van der Waals surface area contributed by atoms with Gasteiger partial charge in [0.1, 0.15) is 0 Å². The molecule has 4 heterocycles. The van der Waals surface area contributed by atoms with Crippen LogP contribution >= 0.6 is 23.7 Å². The van der Waals surface area contributed by atoms with E-state index in [2.05, 4.69) is 35.3 Å². The molecule has 1 atom stereocenters. The lowest BCUT2D eigenvalue weighted by Crippen LogP contribution is -2.65. The predicted molar refractivity (Wildman–Crippen MR) is 101 cm³/mol. The van der Waals surface area contributed by atoms with Crippen LogP contribution in [0.4, 0.5) is 0 Å². The van der Waals surface area contributed by atoms with Crippen molar-refractivity contribution in [2.45, 2.75) is 44.2 Å². The molecular formula is C19H23ClN2OS. The number of carbonyl (C=O) groups is 1. The Hall–Kier alpha value is -1.10. The Balaban J connectivity index is 0.00000146. The van der Waals surface area contributed by atoms with Crippen LogP contribution in [0.3, 0.4) is 0 Å². The number of nitrogens with zero attached hydrogens (tertiary/aromatic N) is 1. The number of benzene rings is 1. The molecular weight excluding hydrogens is 340 g/mol.